The largest absolute Gasteiger partial charge is 0.311 e. The highest BCUT2D eigenvalue weighted by atomic mass is 19.1. The highest BCUT2D eigenvalue weighted by Gasteiger charge is 2.24. The zero-order valence-corrected chi connectivity index (χ0v) is 11.2. The van der Waals surface area contributed by atoms with Gasteiger partial charge >= 0.3 is 0 Å². The minimum atomic E-state index is -0.524. The molecule has 1 aromatic carbocycles. The molecule has 0 unspecified atom stereocenters. The van der Waals surface area contributed by atoms with Crippen LogP contribution in [0.15, 0.2) is 18.2 Å². The standard InChI is InChI=1S/C14H21F2N/c1-13(2,3)17-9-14(4,5)10-6-11(15)8-12(16)7-10/h6-8,17H,9H2,1-5H3. The molecule has 1 N–H and O–H groups in total. The van der Waals surface area contributed by atoms with Crippen LogP contribution in [0.4, 0.5) is 8.78 Å². The maximum Gasteiger partial charge on any atom is 0.126 e. The minimum absolute atomic E-state index is 0.0108. The summed E-state index contributed by atoms with van der Waals surface area (Å²) in [5.41, 5.74) is 0.353. The Balaban J connectivity index is 2.88. The van der Waals surface area contributed by atoms with Crippen molar-refractivity contribution in [1.29, 1.82) is 0 Å². The average Bonchev–Trinajstić information content (AvgIpc) is 2.12. The molecule has 0 aromatic heterocycles. The van der Waals surface area contributed by atoms with Crippen molar-refractivity contribution in [3.8, 4) is 0 Å². The van der Waals surface area contributed by atoms with Crippen molar-refractivity contribution in [3.63, 3.8) is 0 Å². The van der Waals surface area contributed by atoms with Crippen molar-refractivity contribution >= 4 is 0 Å². The molecule has 0 aliphatic heterocycles. The van der Waals surface area contributed by atoms with E-state index in [1.54, 1.807) is 0 Å². The van der Waals surface area contributed by atoms with Crippen LogP contribution in [0.1, 0.15) is 40.2 Å². The van der Waals surface area contributed by atoms with Gasteiger partial charge in [0.25, 0.3) is 0 Å². The van der Waals surface area contributed by atoms with E-state index >= 15 is 0 Å². The Hall–Kier alpha value is -0.960. The van der Waals surface area contributed by atoms with E-state index in [0.717, 1.165) is 6.07 Å². The van der Waals surface area contributed by atoms with Crippen molar-refractivity contribution < 1.29 is 8.78 Å². The predicted octanol–water partition coefficient (Wildman–Crippen LogP) is 3.63. The van der Waals surface area contributed by atoms with Gasteiger partial charge in [0.05, 0.1) is 0 Å². The second kappa shape index (κ2) is 4.73. The van der Waals surface area contributed by atoms with Crippen molar-refractivity contribution in [3.05, 3.63) is 35.4 Å². The summed E-state index contributed by atoms with van der Waals surface area (Å²) >= 11 is 0. The van der Waals surface area contributed by atoms with Crippen LogP contribution in [-0.2, 0) is 5.41 Å². The molecular weight excluding hydrogens is 220 g/mol. The molecule has 17 heavy (non-hydrogen) atoms. The first-order valence-corrected chi connectivity index (χ1v) is 5.82. The Morgan fingerprint density at radius 1 is 0.941 bits per heavy atom. The van der Waals surface area contributed by atoms with Crippen molar-refractivity contribution in [1.82, 2.24) is 5.32 Å². The summed E-state index contributed by atoms with van der Waals surface area (Å²) in [5, 5.41) is 3.35. The maximum atomic E-state index is 13.2. The van der Waals surface area contributed by atoms with Crippen LogP contribution in [-0.4, -0.2) is 12.1 Å². The van der Waals surface area contributed by atoms with Crippen molar-refractivity contribution in [2.24, 2.45) is 0 Å². The summed E-state index contributed by atoms with van der Waals surface area (Å²) in [6, 6.07) is 3.69. The van der Waals surface area contributed by atoms with Gasteiger partial charge in [0.2, 0.25) is 0 Å². The third kappa shape index (κ3) is 4.43. The molecule has 1 nitrogen and oxygen atoms in total. The fourth-order valence-corrected chi connectivity index (χ4v) is 1.53. The molecular formula is C14H21F2N. The van der Waals surface area contributed by atoms with Gasteiger partial charge in [-0.1, -0.05) is 13.8 Å². The number of hydrogen-bond acceptors (Lipinski definition) is 1. The molecule has 0 aliphatic rings. The zero-order chi connectivity index (χ0) is 13.3. The topological polar surface area (TPSA) is 12.0 Å². The Bertz CT molecular complexity index is 371. The normalized spacial score (nSPS) is 12.9. The zero-order valence-electron chi connectivity index (χ0n) is 11.2. The van der Waals surface area contributed by atoms with E-state index in [0.29, 0.717) is 12.1 Å². The molecule has 0 aliphatic carbocycles. The molecule has 1 rings (SSSR count). The molecule has 0 fully saturated rings. The van der Waals surface area contributed by atoms with Crippen LogP contribution in [0.3, 0.4) is 0 Å². The Morgan fingerprint density at radius 3 is 1.82 bits per heavy atom. The molecule has 1 aromatic rings. The lowest BCUT2D eigenvalue weighted by atomic mass is 9.84. The highest BCUT2D eigenvalue weighted by Crippen LogP contribution is 2.24. The van der Waals surface area contributed by atoms with Gasteiger partial charge in [0, 0.05) is 23.6 Å². The Kier molecular flexibility index (Phi) is 3.92. The van der Waals surface area contributed by atoms with E-state index in [1.807, 2.05) is 13.8 Å². The van der Waals surface area contributed by atoms with Gasteiger partial charge in [-0.05, 0) is 38.5 Å². The molecule has 0 amide bonds. The summed E-state index contributed by atoms with van der Waals surface area (Å²) in [4.78, 5) is 0. The summed E-state index contributed by atoms with van der Waals surface area (Å²) < 4.78 is 26.3. The maximum absolute atomic E-state index is 13.2. The van der Waals surface area contributed by atoms with Crippen LogP contribution < -0.4 is 5.32 Å². The van der Waals surface area contributed by atoms with Gasteiger partial charge in [-0.3, -0.25) is 0 Å². The van der Waals surface area contributed by atoms with E-state index in [4.69, 9.17) is 0 Å². The molecule has 0 spiro atoms. The van der Waals surface area contributed by atoms with Gasteiger partial charge in [-0.15, -0.1) is 0 Å². The second-order valence-corrected chi connectivity index (χ2v) is 6.15. The number of benzene rings is 1. The van der Waals surface area contributed by atoms with Gasteiger partial charge in [-0.25, -0.2) is 8.78 Å². The highest BCUT2D eigenvalue weighted by molar-refractivity contribution is 5.26. The quantitative estimate of drug-likeness (QED) is 0.852. The van der Waals surface area contributed by atoms with Crippen LogP contribution in [0.2, 0.25) is 0 Å². The molecule has 0 bridgehead atoms. The molecule has 0 saturated heterocycles. The molecule has 3 heteroatoms. The molecule has 0 atom stereocenters. The van der Waals surface area contributed by atoms with Gasteiger partial charge in [0.15, 0.2) is 0 Å². The lowest BCUT2D eigenvalue weighted by Crippen LogP contribution is -2.43. The summed E-state index contributed by atoms with van der Waals surface area (Å²) in [7, 11) is 0. The SMILES string of the molecule is CC(C)(C)NCC(C)(C)c1cc(F)cc(F)c1. The van der Waals surface area contributed by atoms with Gasteiger partial charge in [-0.2, -0.15) is 0 Å². The number of halogens is 2. The predicted molar refractivity (Wildman–Crippen MR) is 67.1 cm³/mol. The fourth-order valence-electron chi connectivity index (χ4n) is 1.53. The molecule has 0 saturated carbocycles. The summed E-state index contributed by atoms with van der Waals surface area (Å²) in [5.74, 6) is -1.05. The van der Waals surface area contributed by atoms with E-state index in [9.17, 15) is 8.78 Å². The lowest BCUT2D eigenvalue weighted by Gasteiger charge is -2.31. The van der Waals surface area contributed by atoms with E-state index < -0.39 is 11.6 Å². The van der Waals surface area contributed by atoms with Crippen molar-refractivity contribution in [2.75, 3.05) is 6.54 Å². The smallest absolute Gasteiger partial charge is 0.126 e. The van der Waals surface area contributed by atoms with Crippen LogP contribution in [0.25, 0.3) is 0 Å². The Labute approximate surface area is 102 Å². The summed E-state index contributed by atoms with van der Waals surface area (Å²) in [6.45, 7) is 10.8. The lowest BCUT2D eigenvalue weighted by molar-refractivity contribution is 0.361. The first-order valence-electron chi connectivity index (χ1n) is 5.82. The molecule has 0 heterocycles. The third-order valence-electron chi connectivity index (χ3n) is 2.70. The number of hydrogen-bond donors (Lipinski definition) is 1. The van der Waals surface area contributed by atoms with E-state index in [2.05, 4.69) is 26.1 Å². The first kappa shape index (κ1) is 14.1. The van der Waals surface area contributed by atoms with Crippen molar-refractivity contribution in [2.45, 2.75) is 45.6 Å². The van der Waals surface area contributed by atoms with Gasteiger partial charge in [0.1, 0.15) is 11.6 Å². The fraction of sp³-hybridized carbons (Fsp3) is 0.571. The summed E-state index contributed by atoms with van der Waals surface area (Å²) in [6.07, 6.45) is 0. The van der Waals surface area contributed by atoms with Crippen LogP contribution in [0, 0.1) is 11.6 Å². The van der Waals surface area contributed by atoms with Crippen LogP contribution in [0.5, 0.6) is 0 Å². The van der Waals surface area contributed by atoms with Crippen LogP contribution >= 0.6 is 0 Å². The number of rotatable bonds is 3. The van der Waals surface area contributed by atoms with E-state index in [1.165, 1.54) is 12.1 Å². The minimum Gasteiger partial charge on any atom is -0.311 e. The second-order valence-electron chi connectivity index (χ2n) is 6.15. The van der Waals surface area contributed by atoms with Gasteiger partial charge < -0.3 is 5.32 Å². The average molecular weight is 241 g/mol. The van der Waals surface area contributed by atoms with E-state index in [-0.39, 0.29) is 11.0 Å². The monoisotopic (exact) mass is 241 g/mol. The molecule has 0 radical (unpaired) electrons. The number of nitrogens with one attached hydrogen (secondary N) is 1. The first-order chi connectivity index (χ1) is 7.60. The Morgan fingerprint density at radius 2 is 1.41 bits per heavy atom. The molecule has 96 valence electrons. The third-order valence-corrected chi connectivity index (χ3v) is 2.70.